The maximum absolute atomic E-state index is 6.22. The standard InChI is InChI=1S/C16H24N2/c1-12-8-9-16(14(17)11-12)18-10-4-7-15(18)13-5-2-3-6-13/h8-9,11,13,15H,2-7,10,17H2,1H3. The summed E-state index contributed by atoms with van der Waals surface area (Å²) in [5.41, 5.74) is 9.71. The predicted octanol–water partition coefficient (Wildman–Crippen LogP) is 3.74. The Morgan fingerprint density at radius 3 is 2.61 bits per heavy atom. The smallest absolute Gasteiger partial charge is 0.0602 e. The molecule has 0 aromatic heterocycles. The fourth-order valence-corrected chi connectivity index (χ4v) is 3.86. The van der Waals surface area contributed by atoms with E-state index >= 15 is 0 Å². The monoisotopic (exact) mass is 244 g/mol. The van der Waals surface area contributed by atoms with Gasteiger partial charge in [-0.25, -0.2) is 0 Å². The van der Waals surface area contributed by atoms with Crippen LogP contribution in [0.1, 0.15) is 44.1 Å². The average Bonchev–Trinajstić information content (AvgIpc) is 2.98. The van der Waals surface area contributed by atoms with Crippen LogP contribution in [0.15, 0.2) is 18.2 Å². The van der Waals surface area contributed by atoms with E-state index in [1.165, 1.54) is 56.3 Å². The van der Waals surface area contributed by atoms with Gasteiger partial charge in [-0.2, -0.15) is 0 Å². The van der Waals surface area contributed by atoms with Gasteiger partial charge in [0.15, 0.2) is 0 Å². The van der Waals surface area contributed by atoms with Gasteiger partial charge in [0.25, 0.3) is 0 Å². The number of hydrogen-bond acceptors (Lipinski definition) is 2. The van der Waals surface area contributed by atoms with Crippen molar-refractivity contribution in [3.8, 4) is 0 Å². The molecule has 0 spiro atoms. The van der Waals surface area contributed by atoms with Gasteiger partial charge in [-0.1, -0.05) is 18.9 Å². The minimum atomic E-state index is 0.748. The fraction of sp³-hybridized carbons (Fsp3) is 0.625. The first kappa shape index (κ1) is 11.9. The molecule has 1 aliphatic carbocycles. The topological polar surface area (TPSA) is 29.3 Å². The van der Waals surface area contributed by atoms with Crippen LogP contribution in [0.4, 0.5) is 11.4 Å². The molecule has 1 aliphatic heterocycles. The van der Waals surface area contributed by atoms with E-state index in [0.29, 0.717) is 0 Å². The Morgan fingerprint density at radius 1 is 1.11 bits per heavy atom. The van der Waals surface area contributed by atoms with Crippen molar-refractivity contribution in [1.82, 2.24) is 0 Å². The lowest BCUT2D eigenvalue weighted by Crippen LogP contribution is -2.35. The molecule has 0 amide bonds. The zero-order chi connectivity index (χ0) is 12.5. The van der Waals surface area contributed by atoms with Gasteiger partial charge >= 0.3 is 0 Å². The van der Waals surface area contributed by atoms with Crippen molar-refractivity contribution in [3.05, 3.63) is 23.8 Å². The number of benzene rings is 1. The molecule has 2 fully saturated rings. The number of hydrogen-bond donors (Lipinski definition) is 1. The number of nitrogens with two attached hydrogens (primary N) is 1. The van der Waals surface area contributed by atoms with Gasteiger partial charge in [-0.15, -0.1) is 0 Å². The molecule has 1 heterocycles. The van der Waals surface area contributed by atoms with Gasteiger partial charge in [0, 0.05) is 12.6 Å². The number of anilines is 2. The summed E-state index contributed by atoms with van der Waals surface area (Å²) in [4.78, 5) is 2.59. The molecular weight excluding hydrogens is 220 g/mol. The highest BCUT2D eigenvalue weighted by Gasteiger charge is 2.33. The van der Waals surface area contributed by atoms with Gasteiger partial charge in [0.1, 0.15) is 0 Å². The first-order valence-corrected chi connectivity index (χ1v) is 7.38. The summed E-state index contributed by atoms with van der Waals surface area (Å²) in [6, 6.07) is 7.27. The minimum Gasteiger partial charge on any atom is -0.397 e. The van der Waals surface area contributed by atoms with E-state index in [2.05, 4.69) is 30.0 Å². The first-order valence-electron chi connectivity index (χ1n) is 7.38. The van der Waals surface area contributed by atoms with Gasteiger partial charge in [0.05, 0.1) is 11.4 Å². The van der Waals surface area contributed by atoms with E-state index in [1.54, 1.807) is 0 Å². The van der Waals surface area contributed by atoms with Crippen LogP contribution in [-0.2, 0) is 0 Å². The van der Waals surface area contributed by atoms with Crippen LogP contribution < -0.4 is 10.6 Å². The van der Waals surface area contributed by atoms with Crippen LogP contribution in [0.3, 0.4) is 0 Å². The molecule has 0 radical (unpaired) electrons. The molecule has 18 heavy (non-hydrogen) atoms. The van der Waals surface area contributed by atoms with Crippen molar-refractivity contribution in [2.75, 3.05) is 17.2 Å². The summed E-state index contributed by atoms with van der Waals surface area (Å²) < 4.78 is 0. The highest BCUT2D eigenvalue weighted by Crippen LogP contribution is 2.39. The van der Waals surface area contributed by atoms with Gasteiger partial charge in [0.2, 0.25) is 0 Å². The van der Waals surface area contributed by atoms with Crippen molar-refractivity contribution in [1.29, 1.82) is 0 Å². The maximum Gasteiger partial charge on any atom is 0.0602 e. The Labute approximate surface area is 110 Å². The molecule has 1 saturated carbocycles. The Bertz CT molecular complexity index is 421. The third kappa shape index (κ3) is 2.09. The largest absolute Gasteiger partial charge is 0.397 e. The van der Waals surface area contributed by atoms with Crippen molar-refractivity contribution < 1.29 is 0 Å². The quantitative estimate of drug-likeness (QED) is 0.803. The van der Waals surface area contributed by atoms with E-state index in [-0.39, 0.29) is 0 Å². The Morgan fingerprint density at radius 2 is 1.89 bits per heavy atom. The van der Waals surface area contributed by atoms with Crippen LogP contribution in [0.5, 0.6) is 0 Å². The maximum atomic E-state index is 6.22. The third-order valence-electron chi connectivity index (χ3n) is 4.74. The SMILES string of the molecule is Cc1ccc(N2CCCC2C2CCCC2)c(N)c1. The summed E-state index contributed by atoms with van der Waals surface area (Å²) in [6.07, 6.45) is 8.39. The summed E-state index contributed by atoms with van der Waals surface area (Å²) in [5, 5.41) is 0. The highest BCUT2D eigenvalue weighted by atomic mass is 15.2. The second-order valence-corrected chi connectivity index (χ2v) is 6.01. The van der Waals surface area contributed by atoms with Gasteiger partial charge < -0.3 is 10.6 Å². The lowest BCUT2D eigenvalue weighted by atomic mass is 9.95. The molecule has 1 saturated heterocycles. The van der Waals surface area contributed by atoms with E-state index in [1.807, 2.05) is 0 Å². The molecular formula is C16H24N2. The Kier molecular flexibility index (Phi) is 3.19. The number of nitrogen functional groups attached to an aromatic ring is 1. The lowest BCUT2D eigenvalue weighted by molar-refractivity contribution is 0.431. The average molecular weight is 244 g/mol. The van der Waals surface area contributed by atoms with Crippen molar-refractivity contribution in [3.63, 3.8) is 0 Å². The minimum absolute atomic E-state index is 0.748. The van der Waals surface area contributed by atoms with Crippen LogP contribution in [-0.4, -0.2) is 12.6 Å². The second kappa shape index (κ2) is 4.83. The van der Waals surface area contributed by atoms with Crippen molar-refractivity contribution in [2.24, 2.45) is 5.92 Å². The van der Waals surface area contributed by atoms with E-state index in [4.69, 9.17) is 5.73 Å². The Hall–Kier alpha value is -1.18. The van der Waals surface area contributed by atoms with Crippen molar-refractivity contribution >= 4 is 11.4 Å². The first-order chi connectivity index (χ1) is 8.75. The predicted molar refractivity (Wildman–Crippen MR) is 77.9 cm³/mol. The lowest BCUT2D eigenvalue weighted by Gasteiger charge is -2.32. The van der Waals surface area contributed by atoms with Crippen LogP contribution in [0.25, 0.3) is 0 Å². The molecule has 98 valence electrons. The molecule has 2 N–H and O–H groups in total. The summed E-state index contributed by atoms with van der Waals surface area (Å²) >= 11 is 0. The summed E-state index contributed by atoms with van der Waals surface area (Å²) in [5.74, 6) is 0.910. The zero-order valence-corrected chi connectivity index (χ0v) is 11.4. The molecule has 1 aromatic rings. The fourth-order valence-electron chi connectivity index (χ4n) is 3.86. The van der Waals surface area contributed by atoms with Crippen LogP contribution in [0.2, 0.25) is 0 Å². The summed E-state index contributed by atoms with van der Waals surface area (Å²) in [6.45, 7) is 3.30. The molecule has 2 nitrogen and oxygen atoms in total. The number of nitrogens with zero attached hydrogens (tertiary/aromatic N) is 1. The van der Waals surface area contributed by atoms with E-state index in [0.717, 1.165) is 17.6 Å². The molecule has 2 aliphatic rings. The highest BCUT2D eigenvalue weighted by molar-refractivity contribution is 5.69. The van der Waals surface area contributed by atoms with E-state index < -0.39 is 0 Å². The number of aryl methyl sites for hydroxylation is 1. The van der Waals surface area contributed by atoms with Gasteiger partial charge in [-0.3, -0.25) is 0 Å². The molecule has 0 bridgehead atoms. The van der Waals surface area contributed by atoms with Gasteiger partial charge in [-0.05, 0) is 56.2 Å². The van der Waals surface area contributed by atoms with Crippen LogP contribution in [0, 0.1) is 12.8 Å². The molecule has 2 heteroatoms. The zero-order valence-electron chi connectivity index (χ0n) is 11.4. The third-order valence-corrected chi connectivity index (χ3v) is 4.74. The Balaban J connectivity index is 1.85. The second-order valence-electron chi connectivity index (χ2n) is 6.01. The number of rotatable bonds is 2. The molecule has 1 unspecified atom stereocenters. The van der Waals surface area contributed by atoms with Crippen LogP contribution >= 0.6 is 0 Å². The summed E-state index contributed by atoms with van der Waals surface area (Å²) in [7, 11) is 0. The molecule has 1 aromatic carbocycles. The van der Waals surface area contributed by atoms with E-state index in [9.17, 15) is 0 Å². The molecule has 1 atom stereocenters. The van der Waals surface area contributed by atoms with Crippen molar-refractivity contribution in [2.45, 2.75) is 51.5 Å². The normalized spacial score (nSPS) is 24.9. The molecule has 3 rings (SSSR count).